The molecule has 0 fully saturated rings. The molecule has 7 aromatic carbocycles. The zero-order chi connectivity index (χ0) is 33.8. The van der Waals surface area contributed by atoms with Crippen LogP contribution < -0.4 is 20.2 Å². The van der Waals surface area contributed by atoms with E-state index in [9.17, 15) is 36.9 Å². The molecule has 0 aliphatic carbocycles. The summed E-state index contributed by atoms with van der Waals surface area (Å²) < 4.78 is 89.5. The van der Waals surface area contributed by atoms with Crippen LogP contribution in [0.1, 0.15) is 11.1 Å². The summed E-state index contributed by atoms with van der Waals surface area (Å²) in [6, 6.07) is 22.3. The Bertz CT molecular complexity index is 2420. The van der Waals surface area contributed by atoms with Crippen molar-refractivity contribution in [2.24, 2.45) is 9.98 Å². The van der Waals surface area contributed by atoms with Crippen LogP contribution in [0.3, 0.4) is 0 Å². The van der Waals surface area contributed by atoms with Gasteiger partial charge in [0, 0.05) is 21.5 Å². The van der Waals surface area contributed by atoms with E-state index in [2.05, 4.69) is 9.98 Å². The molecule has 0 radical (unpaired) electrons. The van der Waals surface area contributed by atoms with Crippen molar-refractivity contribution in [3.63, 3.8) is 0 Å². The number of alkyl halides is 6. The summed E-state index contributed by atoms with van der Waals surface area (Å²) in [5.41, 5.74) is -1.61. The van der Waals surface area contributed by atoms with E-state index in [4.69, 9.17) is 9.47 Å². The highest BCUT2D eigenvalue weighted by Gasteiger charge is 2.31. The molecule has 0 amide bonds. The van der Waals surface area contributed by atoms with Crippen LogP contribution in [0, 0.1) is 22.9 Å². The van der Waals surface area contributed by atoms with Crippen LogP contribution in [0.25, 0.3) is 43.1 Å². The van der Waals surface area contributed by atoms with Crippen molar-refractivity contribution >= 4 is 43.1 Å². The van der Waals surface area contributed by atoms with Gasteiger partial charge in [-0.3, -0.25) is 0 Å². The minimum absolute atomic E-state index is 0.187. The highest BCUT2D eigenvalue weighted by molar-refractivity contribution is 6.21. The standard InChI is InChI=1S/C36H16F6N4O2/c37-35(38,39)19-1-5-21(6-2-19)47-23-9-11-25-27-15-32-28(16-31(27)33(45-17-43)29(25)13-23)26-12-10-24(14-30(26)34(32)46-18-44)48-22-7-3-20(4-8-22)36(40,41)42/h1-16H. The fourth-order valence-electron chi connectivity index (χ4n) is 5.80. The van der Waals surface area contributed by atoms with Crippen molar-refractivity contribution in [3.8, 4) is 35.4 Å². The quantitative estimate of drug-likeness (QED) is 0.140. The number of rotatable bonds is 4. The molecule has 0 N–H and O–H groups in total. The van der Waals surface area contributed by atoms with E-state index in [-0.39, 0.29) is 11.5 Å². The maximum atomic E-state index is 13.0. The lowest BCUT2D eigenvalue weighted by atomic mass is 10.1. The first kappa shape index (κ1) is 30.3. The predicted molar refractivity (Wildman–Crippen MR) is 164 cm³/mol. The zero-order valence-corrected chi connectivity index (χ0v) is 24.1. The summed E-state index contributed by atoms with van der Waals surface area (Å²) in [4.78, 5) is 8.16. The van der Waals surface area contributed by atoms with Crippen molar-refractivity contribution in [1.82, 2.24) is 0 Å². The molecule has 0 aromatic heterocycles. The first-order valence-electron chi connectivity index (χ1n) is 14.1. The number of ether oxygens (including phenoxy) is 2. The van der Waals surface area contributed by atoms with Crippen molar-refractivity contribution in [2.75, 3.05) is 0 Å². The summed E-state index contributed by atoms with van der Waals surface area (Å²) in [6.07, 6.45) is -5.29. The summed E-state index contributed by atoms with van der Waals surface area (Å²) >= 11 is 0. The maximum Gasteiger partial charge on any atom is 0.416 e. The first-order chi connectivity index (χ1) is 22.9. The number of halogens is 6. The van der Waals surface area contributed by atoms with Gasteiger partial charge in [0.15, 0.2) is 0 Å². The number of hydrogen-bond acceptors (Lipinski definition) is 6. The second-order valence-electron chi connectivity index (χ2n) is 10.7. The number of nitriles is 2. The Morgan fingerprint density at radius 1 is 0.417 bits per heavy atom. The van der Waals surface area contributed by atoms with Crippen molar-refractivity contribution in [3.05, 3.63) is 119 Å². The molecule has 234 valence electrons. The number of benzene rings is 5. The second kappa shape index (κ2) is 11.1. The van der Waals surface area contributed by atoms with E-state index < -0.39 is 23.5 Å². The average Bonchev–Trinajstić information content (AvgIpc) is 3.51. The molecule has 6 nitrogen and oxygen atoms in total. The third kappa shape index (κ3) is 5.29. The minimum atomic E-state index is -4.48. The highest BCUT2D eigenvalue weighted by atomic mass is 19.4. The van der Waals surface area contributed by atoms with Crippen LogP contribution >= 0.6 is 0 Å². The van der Waals surface area contributed by atoms with E-state index in [0.29, 0.717) is 65.3 Å². The van der Waals surface area contributed by atoms with E-state index in [1.807, 2.05) is 24.5 Å². The Morgan fingerprint density at radius 3 is 1.08 bits per heavy atom. The molecule has 0 aliphatic rings. The summed E-state index contributed by atoms with van der Waals surface area (Å²) in [5.74, 6) is 1.01. The van der Waals surface area contributed by atoms with Gasteiger partial charge in [0.25, 0.3) is 0 Å². The molecule has 7 aromatic rings. The molecule has 0 aliphatic heterocycles. The van der Waals surface area contributed by atoms with E-state index >= 15 is 0 Å². The number of nitrogens with zero attached hydrogens (tertiary/aromatic N) is 4. The molecule has 0 atom stereocenters. The zero-order valence-electron chi connectivity index (χ0n) is 24.1. The molecule has 0 saturated heterocycles. The molecule has 0 bridgehead atoms. The van der Waals surface area contributed by atoms with Gasteiger partial charge >= 0.3 is 12.4 Å². The fourth-order valence-corrected chi connectivity index (χ4v) is 5.80. The van der Waals surface area contributed by atoms with Crippen molar-refractivity contribution < 1.29 is 35.8 Å². The van der Waals surface area contributed by atoms with E-state index in [1.54, 1.807) is 36.4 Å². The molecule has 12 heteroatoms. The average molecular weight is 651 g/mol. The maximum absolute atomic E-state index is 13.0. The Labute approximate surface area is 266 Å². The summed E-state index contributed by atoms with van der Waals surface area (Å²) in [5, 5.41) is 25.1. The molecule has 7 rings (SSSR count). The van der Waals surface area contributed by atoms with Gasteiger partial charge in [-0.15, -0.1) is 0 Å². The third-order valence-corrected chi connectivity index (χ3v) is 7.90. The van der Waals surface area contributed by atoms with Gasteiger partial charge in [0.1, 0.15) is 23.0 Å². The van der Waals surface area contributed by atoms with Gasteiger partial charge in [0.05, 0.1) is 21.8 Å². The van der Waals surface area contributed by atoms with Gasteiger partial charge in [-0.05, 0) is 119 Å². The molecule has 0 unspecified atom stereocenters. The van der Waals surface area contributed by atoms with Crippen LogP contribution in [-0.4, -0.2) is 0 Å². The predicted octanol–water partition coefficient (Wildman–Crippen LogP) is 9.56. The first-order valence-corrected chi connectivity index (χ1v) is 14.1. The van der Waals surface area contributed by atoms with Gasteiger partial charge in [0.2, 0.25) is 12.4 Å². The Balaban J connectivity index is 1.34. The van der Waals surface area contributed by atoms with Crippen LogP contribution in [0.2, 0.25) is 0 Å². The van der Waals surface area contributed by atoms with E-state index in [0.717, 1.165) is 24.3 Å². The molecular weight excluding hydrogens is 634 g/mol. The Hall–Kier alpha value is -6.40. The van der Waals surface area contributed by atoms with Crippen LogP contribution in [0.15, 0.2) is 107 Å². The van der Waals surface area contributed by atoms with Crippen LogP contribution in [-0.2, 0) is 12.4 Å². The molecule has 0 heterocycles. The molecular formula is C36H16F6N4O2. The summed E-state index contributed by atoms with van der Waals surface area (Å²) in [6.45, 7) is 0. The van der Waals surface area contributed by atoms with Crippen molar-refractivity contribution in [2.45, 2.75) is 12.4 Å². The summed E-state index contributed by atoms with van der Waals surface area (Å²) in [7, 11) is 0. The number of hydrogen-bond donors (Lipinski definition) is 0. The fraction of sp³-hybridized carbons (Fsp3) is 0.0556. The Morgan fingerprint density at radius 2 is 0.750 bits per heavy atom. The smallest absolute Gasteiger partial charge is 0.416 e. The molecule has 0 saturated carbocycles. The highest BCUT2D eigenvalue weighted by Crippen LogP contribution is 2.37. The van der Waals surface area contributed by atoms with Gasteiger partial charge < -0.3 is 9.47 Å². The van der Waals surface area contributed by atoms with Gasteiger partial charge in [-0.25, -0.2) is 0 Å². The lowest BCUT2D eigenvalue weighted by Gasteiger charge is -2.09. The SMILES string of the molecule is N#CN=c1c2cc(Oc3ccc(C(F)(F)F)cc3)ccc2c2cc3c(=NC#N)c4cc(Oc5ccc(C(F)(F)F)cc5)ccc4c3cc12. The van der Waals surface area contributed by atoms with E-state index in [1.165, 1.54) is 24.3 Å². The second-order valence-corrected chi connectivity index (χ2v) is 10.7. The topological polar surface area (TPSA) is 90.8 Å². The molecule has 0 spiro atoms. The lowest BCUT2D eigenvalue weighted by molar-refractivity contribution is -0.138. The monoisotopic (exact) mass is 650 g/mol. The van der Waals surface area contributed by atoms with Crippen molar-refractivity contribution in [1.29, 1.82) is 10.5 Å². The lowest BCUT2D eigenvalue weighted by Crippen LogP contribution is -2.04. The number of fused-ring (bicyclic) bond motifs is 6. The molecule has 48 heavy (non-hydrogen) atoms. The van der Waals surface area contributed by atoms with Crippen LogP contribution in [0.5, 0.6) is 23.0 Å². The normalized spacial score (nSPS) is 13.0. The van der Waals surface area contributed by atoms with Crippen LogP contribution in [0.4, 0.5) is 26.3 Å². The third-order valence-electron chi connectivity index (χ3n) is 7.90. The van der Waals surface area contributed by atoms with Gasteiger partial charge in [-0.1, -0.05) is 0 Å². The minimum Gasteiger partial charge on any atom is -0.457 e. The van der Waals surface area contributed by atoms with Gasteiger partial charge in [-0.2, -0.15) is 46.9 Å². The largest absolute Gasteiger partial charge is 0.457 e. The Kier molecular flexibility index (Phi) is 7.02.